The van der Waals surface area contributed by atoms with Crippen molar-refractivity contribution >= 4 is 21.7 Å². The van der Waals surface area contributed by atoms with Gasteiger partial charge in [0.05, 0.1) is 0 Å². The minimum atomic E-state index is 0.763. The van der Waals surface area contributed by atoms with E-state index in [-0.39, 0.29) is 0 Å². The van der Waals surface area contributed by atoms with Crippen LogP contribution in [0.5, 0.6) is 0 Å². The Morgan fingerprint density at radius 3 is 2.63 bits per heavy atom. The van der Waals surface area contributed by atoms with E-state index in [2.05, 4.69) is 63.3 Å². The van der Waals surface area contributed by atoms with E-state index in [4.69, 9.17) is 0 Å². The van der Waals surface area contributed by atoms with Crippen LogP contribution in [0.3, 0.4) is 0 Å². The van der Waals surface area contributed by atoms with E-state index >= 15 is 0 Å². The molecule has 1 aromatic heterocycles. The Morgan fingerprint density at radius 2 is 1.95 bits per heavy atom. The molecule has 100 valence electrons. The SMILES string of the molecule is CCCNc1cc(C)nc(-c2ccc(C)c(Br)c2)n1. The molecule has 0 spiro atoms. The first kappa shape index (κ1) is 14.0. The highest BCUT2D eigenvalue weighted by molar-refractivity contribution is 9.10. The highest BCUT2D eigenvalue weighted by Gasteiger charge is 2.06. The zero-order valence-electron chi connectivity index (χ0n) is 11.5. The van der Waals surface area contributed by atoms with Crippen LogP contribution in [0.1, 0.15) is 24.6 Å². The molecular weight excluding hydrogens is 302 g/mol. The lowest BCUT2D eigenvalue weighted by atomic mass is 10.1. The Hall–Kier alpha value is -1.42. The van der Waals surface area contributed by atoms with Crippen LogP contribution in [0.25, 0.3) is 11.4 Å². The molecule has 0 unspecified atom stereocenters. The van der Waals surface area contributed by atoms with E-state index < -0.39 is 0 Å². The van der Waals surface area contributed by atoms with Gasteiger partial charge < -0.3 is 5.32 Å². The minimum absolute atomic E-state index is 0.763. The number of rotatable bonds is 4. The maximum Gasteiger partial charge on any atom is 0.161 e. The molecule has 0 aliphatic carbocycles. The molecule has 0 atom stereocenters. The Kier molecular flexibility index (Phi) is 4.53. The summed E-state index contributed by atoms with van der Waals surface area (Å²) >= 11 is 3.55. The number of benzene rings is 1. The number of hydrogen-bond donors (Lipinski definition) is 1. The zero-order valence-corrected chi connectivity index (χ0v) is 13.1. The van der Waals surface area contributed by atoms with Crippen molar-refractivity contribution in [2.24, 2.45) is 0 Å². The van der Waals surface area contributed by atoms with Crippen LogP contribution in [0, 0.1) is 13.8 Å². The Labute approximate surface area is 122 Å². The lowest BCUT2D eigenvalue weighted by molar-refractivity contribution is 0.962. The van der Waals surface area contributed by atoms with Crippen LogP contribution in [0.15, 0.2) is 28.7 Å². The number of hydrogen-bond acceptors (Lipinski definition) is 3. The van der Waals surface area contributed by atoms with E-state index in [0.717, 1.165) is 40.3 Å². The molecule has 0 aliphatic rings. The van der Waals surface area contributed by atoms with Crippen LogP contribution in [0.4, 0.5) is 5.82 Å². The highest BCUT2D eigenvalue weighted by atomic mass is 79.9. The second-order valence-corrected chi connectivity index (χ2v) is 5.46. The summed E-state index contributed by atoms with van der Waals surface area (Å²) in [6, 6.07) is 8.17. The van der Waals surface area contributed by atoms with Gasteiger partial charge in [0, 0.05) is 28.3 Å². The average Bonchev–Trinajstić information content (AvgIpc) is 2.39. The lowest BCUT2D eigenvalue weighted by Gasteiger charge is -2.08. The number of anilines is 1. The smallest absolute Gasteiger partial charge is 0.161 e. The summed E-state index contributed by atoms with van der Waals surface area (Å²) in [5.41, 5.74) is 3.21. The standard InChI is InChI=1S/C15H18BrN3/c1-4-7-17-14-8-11(3)18-15(19-14)12-6-5-10(2)13(16)9-12/h5-6,8-9H,4,7H2,1-3H3,(H,17,18,19). The summed E-state index contributed by atoms with van der Waals surface area (Å²) in [5.74, 6) is 1.65. The molecule has 19 heavy (non-hydrogen) atoms. The van der Waals surface area contributed by atoms with Crippen LogP contribution >= 0.6 is 15.9 Å². The Bertz CT molecular complexity index is 582. The summed E-state index contributed by atoms with van der Waals surface area (Å²) in [5, 5.41) is 3.31. The van der Waals surface area contributed by atoms with Gasteiger partial charge in [-0.3, -0.25) is 0 Å². The van der Waals surface area contributed by atoms with Crippen molar-refractivity contribution in [1.82, 2.24) is 9.97 Å². The summed E-state index contributed by atoms with van der Waals surface area (Å²) in [6.45, 7) is 7.12. The van der Waals surface area contributed by atoms with Gasteiger partial charge in [0.25, 0.3) is 0 Å². The summed E-state index contributed by atoms with van der Waals surface area (Å²) in [6.07, 6.45) is 1.08. The van der Waals surface area contributed by atoms with Gasteiger partial charge >= 0.3 is 0 Å². The second kappa shape index (κ2) is 6.15. The molecule has 1 N–H and O–H groups in total. The molecule has 0 aliphatic heterocycles. The first-order chi connectivity index (χ1) is 9.10. The number of aryl methyl sites for hydroxylation is 2. The summed E-state index contributed by atoms with van der Waals surface area (Å²) in [4.78, 5) is 9.08. The molecule has 1 aromatic carbocycles. The van der Waals surface area contributed by atoms with Crippen LogP contribution in [-0.2, 0) is 0 Å². The van der Waals surface area contributed by atoms with Crippen LogP contribution in [-0.4, -0.2) is 16.5 Å². The van der Waals surface area contributed by atoms with Crippen molar-refractivity contribution in [1.29, 1.82) is 0 Å². The number of aromatic nitrogens is 2. The summed E-state index contributed by atoms with van der Waals surface area (Å²) < 4.78 is 1.08. The number of nitrogens with zero attached hydrogens (tertiary/aromatic N) is 2. The quantitative estimate of drug-likeness (QED) is 0.910. The fraction of sp³-hybridized carbons (Fsp3) is 0.333. The third kappa shape index (κ3) is 3.53. The van der Waals surface area contributed by atoms with Crippen LogP contribution < -0.4 is 5.32 Å². The third-order valence-electron chi connectivity index (χ3n) is 2.84. The first-order valence-corrected chi connectivity index (χ1v) is 7.25. The summed E-state index contributed by atoms with van der Waals surface area (Å²) in [7, 11) is 0. The van der Waals surface area contributed by atoms with E-state index in [9.17, 15) is 0 Å². The van der Waals surface area contributed by atoms with E-state index in [0.29, 0.717) is 0 Å². The number of halogens is 1. The molecule has 0 saturated carbocycles. The monoisotopic (exact) mass is 319 g/mol. The normalized spacial score (nSPS) is 10.5. The van der Waals surface area contributed by atoms with Gasteiger partial charge in [0.2, 0.25) is 0 Å². The molecule has 0 radical (unpaired) electrons. The van der Waals surface area contributed by atoms with Crippen molar-refractivity contribution in [3.63, 3.8) is 0 Å². The molecule has 4 heteroatoms. The first-order valence-electron chi connectivity index (χ1n) is 6.46. The van der Waals surface area contributed by atoms with Gasteiger partial charge in [0.15, 0.2) is 5.82 Å². The molecule has 1 heterocycles. The molecule has 0 fully saturated rings. The maximum atomic E-state index is 4.57. The van der Waals surface area contributed by atoms with Crippen molar-refractivity contribution in [2.45, 2.75) is 27.2 Å². The van der Waals surface area contributed by atoms with E-state index in [1.165, 1.54) is 5.56 Å². The second-order valence-electron chi connectivity index (χ2n) is 4.61. The average molecular weight is 320 g/mol. The van der Waals surface area contributed by atoms with Gasteiger partial charge in [-0.15, -0.1) is 0 Å². The van der Waals surface area contributed by atoms with Crippen molar-refractivity contribution < 1.29 is 0 Å². The van der Waals surface area contributed by atoms with Crippen LogP contribution in [0.2, 0.25) is 0 Å². The fourth-order valence-corrected chi connectivity index (χ4v) is 2.15. The molecule has 2 rings (SSSR count). The zero-order chi connectivity index (χ0) is 13.8. The Balaban J connectivity index is 2.37. The largest absolute Gasteiger partial charge is 0.370 e. The van der Waals surface area contributed by atoms with E-state index in [1.54, 1.807) is 0 Å². The topological polar surface area (TPSA) is 37.8 Å². The van der Waals surface area contributed by atoms with Gasteiger partial charge in [0.1, 0.15) is 5.82 Å². The predicted octanol–water partition coefficient (Wildman–Crippen LogP) is 4.34. The third-order valence-corrected chi connectivity index (χ3v) is 3.69. The number of nitrogens with one attached hydrogen (secondary N) is 1. The molecule has 0 saturated heterocycles. The van der Waals surface area contributed by atoms with Gasteiger partial charge in [-0.2, -0.15) is 0 Å². The fourth-order valence-electron chi connectivity index (χ4n) is 1.77. The molecule has 3 nitrogen and oxygen atoms in total. The van der Waals surface area contributed by atoms with Gasteiger partial charge in [-0.1, -0.05) is 35.0 Å². The highest BCUT2D eigenvalue weighted by Crippen LogP contribution is 2.24. The van der Waals surface area contributed by atoms with Crippen molar-refractivity contribution in [3.05, 3.63) is 40.0 Å². The molecule has 0 bridgehead atoms. The van der Waals surface area contributed by atoms with E-state index in [1.807, 2.05) is 13.0 Å². The van der Waals surface area contributed by atoms with Gasteiger partial charge in [-0.05, 0) is 31.9 Å². The molecule has 0 amide bonds. The maximum absolute atomic E-state index is 4.57. The minimum Gasteiger partial charge on any atom is -0.370 e. The Morgan fingerprint density at radius 1 is 1.16 bits per heavy atom. The molecular formula is C15H18BrN3. The van der Waals surface area contributed by atoms with Crippen molar-refractivity contribution in [2.75, 3.05) is 11.9 Å². The predicted molar refractivity (Wildman–Crippen MR) is 83.4 cm³/mol. The molecule has 2 aromatic rings. The van der Waals surface area contributed by atoms with Gasteiger partial charge in [-0.25, -0.2) is 9.97 Å². The van der Waals surface area contributed by atoms with Crippen molar-refractivity contribution in [3.8, 4) is 11.4 Å². The lowest BCUT2D eigenvalue weighted by Crippen LogP contribution is -2.04.